The molecule has 1 unspecified atom stereocenters. The van der Waals surface area contributed by atoms with Gasteiger partial charge in [0.05, 0.1) is 16.6 Å². The number of Topliss-reactive ketones (excluding diaryl/α,β-unsaturated/α-hetero) is 1. The van der Waals surface area contributed by atoms with Crippen LogP contribution in [0.25, 0.3) is 16.8 Å². The third-order valence-electron chi connectivity index (χ3n) is 4.19. The summed E-state index contributed by atoms with van der Waals surface area (Å²) >= 11 is 2.64. The van der Waals surface area contributed by atoms with E-state index in [1.807, 2.05) is 54.8 Å². The topological polar surface area (TPSA) is 63.0 Å². The molecular formula is C20H16N2O2S2. The average molecular weight is 380 g/mol. The number of carbonyl (C=O) groups is 1. The molecule has 1 aliphatic heterocycles. The number of benzene rings is 2. The summed E-state index contributed by atoms with van der Waals surface area (Å²) in [5.74, 6) is 0.234. The van der Waals surface area contributed by atoms with Crippen molar-refractivity contribution in [2.75, 3.05) is 6.61 Å². The lowest BCUT2D eigenvalue weighted by molar-refractivity contribution is -0.114. The quantitative estimate of drug-likeness (QED) is 0.639. The molecule has 1 aliphatic rings. The van der Waals surface area contributed by atoms with Gasteiger partial charge >= 0.3 is 0 Å². The molecule has 6 heteroatoms. The maximum absolute atomic E-state index is 12.8. The standard InChI is InChI=1S/C20H16N2O2S2/c1-2-24-15-8-7-12(13-5-3-4-6-14(13)15)11-16-18(23)17(19(21)26-16)20-22-9-10-25-20/h3-11,17,21H,2H2,1H3. The van der Waals surface area contributed by atoms with Crippen LogP contribution in [-0.2, 0) is 4.79 Å². The Morgan fingerprint density at radius 3 is 2.77 bits per heavy atom. The number of nitrogens with one attached hydrogen (secondary N) is 1. The predicted molar refractivity (Wildman–Crippen MR) is 108 cm³/mol. The van der Waals surface area contributed by atoms with Crippen molar-refractivity contribution in [3.63, 3.8) is 0 Å². The minimum absolute atomic E-state index is 0.0482. The van der Waals surface area contributed by atoms with Crippen molar-refractivity contribution in [3.8, 4) is 5.75 Å². The van der Waals surface area contributed by atoms with Crippen molar-refractivity contribution >= 4 is 50.8 Å². The van der Waals surface area contributed by atoms with Crippen molar-refractivity contribution in [1.29, 1.82) is 5.41 Å². The summed E-state index contributed by atoms with van der Waals surface area (Å²) < 4.78 is 5.71. The number of hydrogen-bond donors (Lipinski definition) is 1. The fraction of sp³-hybridized carbons (Fsp3) is 0.150. The average Bonchev–Trinajstić information content (AvgIpc) is 3.25. The number of carbonyl (C=O) groups excluding carboxylic acids is 1. The van der Waals surface area contributed by atoms with Crippen LogP contribution in [0.1, 0.15) is 23.4 Å². The van der Waals surface area contributed by atoms with E-state index in [-0.39, 0.29) is 5.78 Å². The molecule has 0 spiro atoms. The monoisotopic (exact) mass is 380 g/mol. The highest BCUT2D eigenvalue weighted by Gasteiger charge is 2.38. The van der Waals surface area contributed by atoms with Crippen LogP contribution in [-0.4, -0.2) is 22.4 Å². The fourth-order valence-electron chi connectivity index (χ4n) is 3.03. The first-order valence-corrected chi connectivity index (χ1v) is 9.94. The maximum Gasteiger partial charge on any atom is 0.186 e. The first kappa shape index (κ1) is 17.0. The summed E-state index contributed by atoms with van der Waals surface area (Å²) in [6, 6.07) is 11.9. The number of fused-ring (bicyclic) bond motifs is 1. The zero-order chi connectivity index (χ0) is 18.1. The van der Waals surface area contributed by atoms with Crippen LogP contribution in [0.3, 0.4) is 0 Å². The van der Waals surface area contributed by atoms with E-state index in [9.17, 15) is 4.79 Å². The molecule has 0 saturated carbocycles. The summed E-state index contributed by atoms with van der Waals surface area (Å²) in [6.07, 6.45) is 3.56. The molecule has 0 aliphatic carbocycles. The van der Waals surface area contributed by atoms with Gasteiger partial charge < -0.3 is 4.74 Å². The highest BCUT2D eigenvalue weighted by Crippen LogP contribution is 2.42. The molecule has 3 aromatic rings. The number of thioether (sulfide) groups is 1. The number of ether oxygens (including phenoxy) is 1. The molecule has 2 aromatic carbocycles. The van der Waals surface area contributed by atoms with Crippen molar-refractivity contribution in [1.82, 2.24) is 4.98 Å². The lowest BCUT2D eigenvalue weighted by Gasteiger charge is -2.10. The van der Waals surface area contributed by atoms with Gasteiger partial charge in [0, 0.05) is 17.0 Å². The van der Waals surface area contributed by atoms with Crippen LogP contribution < -0.4 is 4.74 Å². The third-order valence-corrected chi connectivity index (χ3v) is 6.02. The van der Waals surface area contributed by atoms with Gasteiger partial charge in [-0.05, 0) is 30.0 Å². The maximum atomic E-state index is 12.8. The summed E-state index contributed by atoms with van der Waals surface area (Å²) in [6.45, 7) is 2.56. The van der Waals surface area contributed by atoms with Crippen molar-refractivity contribution in [2.45, 2.75) is 12.8 Å². The second kappa shape index (κ2) is 7.05. The van der Waals surface area contributed by atoms with Crippen LogP contribution in [0.15, 0.2) is 52.9 Å². The van der Waals surface area contributed by atoms with Crippen LogP contribution in [0.4, 0.5) is 0 Å². The van der Waals surface area contributed by atoms with Gasteiger partial charge in [-0.25, -0.2) is 4.98 Å². The van der Waals surface area contributed by atoms with E-state index in [1.165, 1.54) is 23.1 Å². The summed E-state index contributed by atoms with van der Waals surface area (Å²) in [4.78, 5) is 17.6. The normalized spacial score (nSPS) is 18.8. The van der Waals surface area contributed by atoms with E-state index in [2.05, 4.69) is 4.98 Å². The van der Waals surface area contributed by atoms with Gasteiger partial charge in [-0.1, -0.05) is 42.1 Å². The van der Waals surface area contributed by atoms with E-state index in [4.69, 9.17) is 10.1 Å². The lowest BCUT2D eigenvalue weighted by Crippen LogP contribution is -2.11. The fourth-order valence-corrected chi connectivity index (χ4v) is 4.83. The lowest BCUT2D eigenvalue weighted by atomic mass is 10.0. The van der Waals surface area contributed by atoms with E-state index < -0.39 is 5.92 Å². The Hall–Kier alpha value is -2.44. The van der Waals surface area contributed by atoms with Crippen molar-refractivity contribution in [3.05, 3.63) is 63.5 Å². The molecule has 2 heterocycles. The molecule has 1 saturated heterocycles. The number of aromatic nitrogens is 1. The van der Waals surface area contributed by atoms with Crippen LogP contribution in [0.5, 0.6) is 5.75 Å². The molecule has 0 amide bonds. The molecule has 0 bridgehead atoms. The van der Waals surface area contributed by atoms with Gasteiger partial charge in [0.2, 0.25) is 0 Å². The van der Waals surface area contributed by atoms with E-state index in [1.54, 1.807) is 6.20 Å². The predicted octanol–water partition coefficient (Wildman–Crippen LogP) is 5.11. The minimum atomic E-state index is -0.555. The molecule has 1 atom stereocenters. The minimum Gasteiger partial charge on any atom is -0.493 e. The number of ketones is 1. The third kappa shape index (κ3) is 2.95. The number of allylic oxidation sites excluding steroid dienone is 1. The van der Waals surface area contributed by atoms with Crippen LogP contribution in [0.2, 0.25) is 0 Å². The van der Waals surface area contributed by atoms with Gasteiger partial charge in [0.15, 0.2) is 5.78 Å². The Morgan fingerprint density at radius 1 is 1.23 bits per heavy atom. The molecule has 1 N–H and O–H groups in total. The second-order valence-electron chi connectivity index (χ2n) is 5.77. The molecule has 0 radical (unpaired) electrons. The number of hydrogen-bond acceptors (Lipinski definition) is 6. The van der Waals surface area contributed by atoms with Crippen molar-refractivity contribution in [2.24, 2.45) is 0 Å². The van der Waals surface area contributed by atoms with E-state index >= 15 is 0 Å². The summed E-state index contributed by atoms with van der Waals surface area (Å²) in [7, 11) is 0. The number of nitrogens with zero attached hydrogens (tertiary/aromatic N) is 1. The Morgan fingerprint density at radius 2 is 2.04 bits per heavy atom. The van der Waals surface area contributed by atoms with E-state index in [0.29, 0.717) is 21.6 Å². The highest BCUT2D eigenvalue weighted by atomic mass is 32.2. The first-order valence-electron chi connectivity index (χ1n) is 8.25. The van der Waals surface area contributed by atoms with E-state index in [0.717, 1.165) is 22.1 Å². The second-order valence-corrected chi connectivity index (χ2v) is 7.78. The van der Waals surface area contributed by atoms with Gasteiger partial charge in [0.1, 0.15) is 16.7 Å². The van der Waals surface area contributed by atoms with Crippen LogP contribution in [0, 0.1) is 5.41 Å². The highest BCUT2D eigenvalue weighted by molar-refractivity contribution is 8.19. The summed E-state index contributed by atoms with van der Waals surface area (Å²) in [5, 5.41) is 13.1. The van der Waals surface area contributed by atoms with Gasteiger partial charge in [-0.2, -0.15) is 0 Å². The van der Waals surface area contributed by atoms with Crippen LogP contribution >= 0.6 is 23.1 Å². The SMILES string of the molecule is CCOc1ccc(C=C2SC(=N)C(c3nccs3)C2=O)c2ccccc12. The molecule has 1 aromatic heterocycles. The molecule has 130 valence electrons. The number of thiazole rings is 1. The first-order chi connectivity index (χ1) is 12.7. The molecule has 26 heavy (non-hydrogen) atoms. The Kier molecular flexibility index (Phi) is 4.61. The Balaban J connectivity index is 1.76. The molecular weight excluding hydrogens is 364 g/mol. The Bertz CT molecular complexity index is 1030. The van der Waals surface area contributed by atoms with Crippen molar-refractivity contribution < 1.29 is 9.53 Å². The van der Waals surface area contributed by atoms with Gasteiger partial charge in [-0.3, -0.25) is 10.2 Å². The smallest absolute Gasteiger partial charge is 0.186 e. The summed E-state index contributed by atoms with van der Waals surface area (Å²) in [5.41, 5.74) is 0.951. The van der Waals surface area contributed by atoms with Gasteiger partial charge in [0.25, 0.3) is 0 Å². The molecule has 1 fully saturated rings. The zero-order valence-electron chi connectivity index (χ0n) is 14.1. The zero-order valence-corrected chi connectivity index (χ0v) is 15.7. The molecule has 4 nitrogen and oxygen atoms in total. The van der Waals surface area contributed by atoms with Gasteiger partial charge in [-0.15, -0.1) is 11.3 Å². The number of rotatable bonds is 4. The Labute approximate surface area is 159 Å². The largest absolute Gasteiger partial charge is 0.493 e. The molecule has 4 rings (SSSR count).